The first kappa shape index (κ1) is 23.1. The molecule has 0 saturated carbocycles. The van der Waals surface area contributed by atoms with Crippen molar-refractivity contribution in [3.05, 3.63) is 54.9 Å². The van der Waals surface area contributed by atoms with Gasteiger partial charge in [0.2, 0.25) is 5.91 Å². The fourth-order valence-corrected chi connectivity index (χ4v) is 4.67. The van der Waals surface area contributed by atoms with Crippen LogP contribution in [0.5, 0.6) is 0 Å². The van der Waals surface area contributed by atoms with Crippen molar-refractivity contribution in [3.8, 4) is 5.82 Å². The van der Waals surface area contributed by atoms with Crippen LogP contribution in [0.3, 0.4) is 0 Å². The number of hydrogen-bond donors (Lipinski definition) is 0. The summed E-state index contributed by atoms with van der Waals surface area (Å²) in [5.74, 6) is 1.27. The van der Waals surface area contributed by atoms with Crippen molar-refractivity contribution in [2.45, 2.75) is 19.0 Å². The fraction of sp³-hybridized carbons (Fsp3) is 0.435. The minimum atomic E-state index is -4.37. The maximum absolute atomic E-state index is 13.3. The number of benzene rings is 1. The van der Waals surface area contributed by atoms with Gasteiger partial charge in [-0.15, -0.1) is 0 Å². The summed E-state index contributed by atoms with van der Waals surface area (Å²) in [5, 5.41) is 4.10. The number of alkyl halides is 3. The Morgan fingerprint density at radius 2 is 1.74 bits per heavy atom. The lowest BCUT2D eigenvalue weighted by molar-refractivity contribution is -0.137. The third-order valence-electron chi connectivity index (χ3n) is 6.52. The zero-order valence-electron chi connectivity index (χ0n) is 19.0. The second-order valence-electron chi connectivity index (χ2n) is 8.72. The monoisotopic (exact) mass is 486 g/mol. The Hall–Kier alpha value is -3.70. The number of carbonyl (C=O) groups excluding carboxylic acids is 1. The van der Waals surface area contributed by atoms with Gasteiger partial charge in [0, 0.05) is 51.0 Å². The van der Waals surface area contributed by atoms with E-state index in [1.54, 1.807) is 17.1 Å². The summed E-state index contributed by atoms with van der Waals surface area (Å²) >= 11 is 0. The van der Waals surface area contributed by atoms with Gasteiger partial charge in [0.05, 0.1) is 11.5 Å². The van der Waals surface area contributed by atoms with Gasteiger partial charge in [-0.25, -0.2) is 19.6 Å². The lowest BCUT2D eigenvalue weighted by Gasteiger charge is -2.40. The van der Waals surface area contributed by atoms with Gasteiger partial charge in [-0.1, -0.05) is 6.07 Å². The van der Waals surface area contributed by atoms with Crippen LogP contribution in [-0.4, -0.2) is 74.8 Å². The zero-order valence-corrected chi connectivity index (χ0v) is 19.0. The molecule has 5 rings (SSSR count). The van der Waals surface area contributed by atoms with E-state index in [0.29, 0.717) is 44.2 Å². The normalized spacial score (nSPS) is 19.2. The van der Waals surface area contributed by atoms with E-state index >= 15 is 0 Å². The minimum Gasteiger partial charge on any atom is -0.368 e. The van der Waals surface area contributed by atoms with Gasteiger partial charge >= 0.3 is 6.18 Å². The molecule has 35 heavy (non-hydrogen) atoms. The van der Waals surface area contributed by atoms with Gasteiger partial charge in [0.25, 0.3) is 0 Å². The summed E-state index contributed by atoms with van der Waals surface area (Å²) in [7, 11) is 0. The van der Waals surface area contributed by atoms with E-state index < -0.39 is 11.7 Å². The molecule has 0 aliphatic carbocycles. The molecule has 2 aliphatic rings. The smallest absolute Gasteiger partial charge is 0.368 e. The highest BCUT2D eigenvalue weighted by Gasteiger charge is 2.33. The van der Waals surface area contributed by atoms with Crippen LogP contribution in [-0.2, 0) is 11.0 Å². The molecule has 2 fully saturated rings. The van der Waals surface area contributed by atoms with Crippen molar-refractivity contribution < 1.29 is 18.0 Å². The highest BCUT2D eigenvalue weighted by Crippen LogP contribution is 2.32. The lowest BCUT2D eigenvalue weighted by Crippen LogP contribution is -2.52. The van der Waals surface area contributed by atoms with Crippen LogP contribution in [0.1, 0.15) is 18.4 Å². The van der Waals surface area contributed by atoms with Crippen molar-refractivity contribution in [1.82, 2.24) is 29.6 Å². The van der Waals surface area contributed by atoms with Crippen LogP contribution in [0.25, 0.3) is 5.82 Å². The molecule has 0 N–H and O–H groups in total. The Balaban J connectivity index is 1.20. The summed E-state index contributed by atoms with van der Waals surface area (Å²) in [6.07, 6.45) is 1.76. The van der Waals surface area contributed by atoms with Gasteiger partial charge in [-0.3, -0.25) is 4.79 Å². The van der Waals surface area contributed by atoms with E-state index in [9.17, 15) is 18.0 Å². The minimum absolute atomic E-state index is 0.0870. The molecule has 2 aromatic heterocycles. The molecule has 1 amide bonds. The number of aromatic nitrogens is 5. The highest BCUT2D eigenvalue weighted by atomic mass is 19.4. The third-order valence-corrected chi connectivity index (χ3v) is 6.52. The second-order valence-corrected chi connectivity index (χ2v) is 8.72. The molecule has 3 aromatic rings. The Kier molecular flexibility index (Phi) is 6.27. The quantitative estimate of drug-likeness (QED) is 0.561. The molecule has 0 radical (unpaired) electrons. The Bertz CT molecular complexity index is 1160. The van der Waals surface area contributed by atoms with E-state index in [1.807, 2.05) is 15.9 Å². The molecule has 12 heteroatoms. The predicted octanol–water partition coefficient (Wildman–Crippen LogP) is 2.64. The van der Waals surface area contributed by atoms with Gasteiger partial charge in [0.1, 0.15) is 24.8 Å². The first-order chi connectivity index (χ1) is 16.9. The molecule has 184 valence electrons. The molecule has 0 bridgehead atoms. The van der Waals surface area contributed by atoms with Gasteiger partial charge in [-0.05, 0) is 31.0 Å². The average molecular weight is 487 g/mol. The first-order valence-corrected chi connectivity index (χ1v) is 11.5. The van der Waals surface area contributed by atoms with Crippen LogP contribution >= 0.6 is 0 Å². The van der Waals surface area contributed by atoms with E-state index in [1.165, 1.54) is 24.8 Å². The van der Waals surface area contributed by atoms with Crippen LogP contribution < -0.4 is 9.80 Å². The molecular weight excluding hydrogens is 461 g/mol. The van der Waals surface area contributed by atoms with Crippen LogP contribution in [0.4, 0.5) is 24.7 Å². The largest absolute Gasteiger partial charge is 0.416 e. The maximum Gasteiger partial charge on any atom is 0.416 e. The van der Waals surface area contributed by atoms with E-state index in [4.69, 9.17) is 0 Å². The topological polar surface area (TPSA) is 83.3 Å². The molecule has 2 saturated heterocycles. The Labute approximate surface area is 200 Å². The summed E-state index contributed by atoms with van der Waals surface area (Å²) in [6.45, 7) is 3.31. The summed E-state index contributed by atoms with van der Waals surface area (Å²) < 4.78 is 40.8. The summed E-state index contributed by atoms with van der Waals surface area (Å²) in [5.41, 5.74) is -0.129. The maximum atomic E-state index is 13.3. The van der Waals surface area contributed by atoms with Crippen LogP contribution in [0.15, 0.2) is 49.3 Å². The Morgan fingerprint density at radius 1 is 0.943 bits per heavy atom. The zero-order chi connectivity index (χ0) is 24.4. The van der Waals surface area contributed by atoms with Gasteiger partial charge in [-0.2, -0.15) is 18.3 Å². The molecule has 2 aliphatic heterocycles. The second kappa shape index (κ2) is 9.51. The van der Waals surface area contributed by atoms with Gasteiger partial charge in [0.15, 0.2) is 5.82 Å². The fourth-order valence-electron chi connectivity index (χ4n) is 4.67. The van der Waals surface area contributed by atoms with Crippen molar-refractivity contribution in [2.24, 2.45) is 5.92 Å². The molecule has 0 spiro atoms. The molecule has 9 nitrogen and oxygen atoms in total. The molecule has 1 unspecified atom stereocenters. The van der Waals surface area contributed by atoms with E-state index in [2.05, 4.69) is 25.0 Å². The number of piperidine rings is 1. The van der Waals surface area contributed by atoms with Gasteiger partial charge < -0.3 is 14.7 Å². The van der Waals surface area contributed by atoms with Crippen molar-refractivity contribution in [2.75, 3.05) is 49.1 Å². The highest BCUT2D eigenvalue weighted by molar-refractivity contribution is 5.80. The number of anilines is 2. The predicted molar refractivity (Wildman–Crippen MR) is 122 cm³/mol. The number of hydrogen-bond acceptors (Lipinski definition) is 7. The van der Waals surface area contributed by atoms with Crippen LogP contribution in [0.2, 0.25) is 0 Å². The number of carbonyl (C=O) groups is 1. The first-order valence-electron chi connectivity index (χ1n) is 11.5. The van der Waals surface area contributed by atoms with E-state index in [-0.39, 0.29) is 11.8 Å². The van der Waals surface area contributed by atoms with Crippen molar-refractivity contribution in [1.29, 1.82) is 0 Å². The lowest BCUT2D eigenvalue weighted by atomic mass is 9.96. The number of amides is 1. The summed E-state index contributed by atoms with van der Waals surface area (Å²) in [4.78, 5) is 31.7. The summed E-state index contributed by atoms with van der Waals surface area (Å²) in [6, 6.07) is 7.18. The number of nitrogens with zero attached hydrogens (tertiary/aromatic N) is 8. The molecule has 1 aromatic carbocycles. The van der Waals surface area contributed by atoms with Crippen molar-refractivity contribution >= 4 is 17.4 Å². The number of piperazine rings is 1. The SMILES string of the molecule is O=C(C1CCCN(c2cc(-n3cncn3)ncn2)C1)N1CCN(c2cccc(C(F)(F)F)c2)CC1. The standard InChI is InChI=1S/C23H25F3N8O/c24-23(25,26)18-4-1-5-19(11-18)31-7-9-32(10-8-31)22(35)17-3-2-6-33(13-17)20-12-21(29-15-28-20)34-16-27-14-30-34/h1,4-5,11-12,14-17H,2-3,6-10,13H2. The molecule has 1 atom stereocenters. The van der Waals surface area contributed by atoms with Crippen molar-refractivity contribution in [3.63, 3.8) is 0 Å². The van der Waals surface area contributed by atoms with E-state index in [0.717, 1.165) is 31.3 Å². The van der Waals surface area contributed by atoms with Crippen LogP contribution in [0, 0.1) is 5.92 Å². The third kappa shape index (κ3) is 5.05. The average Bonchev–Trinajstić information content (AvgIpc) is 3.43. The molecule has 4 heterocycles. The molecular formula is C23H25F3N8O. The Morgan fingerprint density at radius 3 is 2.49 bits per heavy atom. The number of rotatable bonds is 4. The number of halogens is 3.